The molecule has 3 nitrogen and oxygen atoms in total. The van der Waals surface area contributed by atoms with Crippen molar-refractivity contribution in [3.05, 3.63) is 89.4 Å². The van der Waals surface area contributed by atoms with E-state index in [-0.39, 0.29) is 5.91 Å². The van der Waals surface area contributed by atoms with Crippen molar-refractivity contribution >= 4 is 28.0 Å². The molecule has 1 N–H and O–H groups in total. The molecule has 0 fully saturated rings. The maximum absolute atomic E-state index is 12.4. The minimum Gasteiger partial charge on any atom is -0.350 e. The fourth-order valence-corrected chi connectivity index (χ4v) is 3.80. The summed E-state index contributed by atoms with van der Waals surface area (Å²) in [5, 5.41) is 8.25. The molecule has 4 rings (SSSR count). The number of rotatable bonds is 5. The van der Waals surface area contributed by atoms with Crippen LogP contribution in [0.3, 0.4) is 0 Å². The number of nitrogens with one attached hydrogen (secondary N) is 1. The number of hydrogen-bond donors (Lipinski definition) is 1. The molecule has 0 bridgehead atoms. The SMILES string of the molecule is O=C(Cc1cccc2ccccc12)NCc1csc(-c2ccccc2)n1. The summed E-state index contributed by atoms with van der Waals surface area (Å²) in [4.78, 5) is 17.0. The lowest BCUT2D eigenvalue weighted by molar-refractivity contribution is -0.120. The lowest BCUT2D eigenvalue weighted by Gasteiger charge is -2.07. The number of aromatic nitrogens is 1. The van der Waals surface area contributed by atoms with Gasteiger partial charge in [-0.05, 0) is 16.3 Å². The molecule has 0 aliphatic rings. The molecule has 1 heterocycles. The fourth-order valence-electron chi connectivity index (χ4n) is 2.97. The Hall–Kier alpha value is -2.98. The van der Waals surface area contributed by atoms with Crippen molar-refractivity contribution in [1.29, 1.82) is 0 Å². The summed E-state index contributed by atoms with van der Waals surface area (Å²) in [5.74, 6) is 0.00983. The van der Waals surface area contributed by atoms with E-state index in [1.165, 1.54) is 0 Å². The smallest absolute Gasteiger partial charge is 0.224 e. The molecule has 0 atom stereocenters. The number of fused-ring (bicyclic) bond motifs is 1. The number of hydrogen-bond acceptors (Lipinski definition) is 3. The van der Waals surface area contributed by atoms with Gasteiger partial charge in [-0.15, -0.1) is 11.3 Å². The van der Waals surface area contributed by atoms with Gasteiger partial charge < -0.3 is 5.32 Å². The molecule has 0 radical (unpaired) electrons. The minimum atomic E-state index is 0.00983. The van der Waals surface area contributed by atoms with E-state index in [1.54, 1.807) is 11.3 Å². The van der Waals surface area contributed by atoms with E-state index in [1.807, 2.05) is 60.0 Å². The van der Waals surface area contributed by atoms with Gasteiger partial charge in [0, 0.05) is 10.9 Å². The number of carbonyl (C=O) groups excluding carboxylic acids is 1. The predicted molar refractivity (Wildman–Crippen MR) is 107 cm³/mol. The van der Waals surface area contributed by atoms with E-state index in [4.69, 9.17) is 0 Å². The molecule has 26 heavy (non-hydrogen) atoms. The van der Waals surface area contributed by atoms with Crippen LogP contribution in [0.4, 0.5) is 0 Å². The standard InChI is InChI=1S/C22H18N2OS/c25-21(13-18-11-6-10-16-7-4-5-12-20(16)18)23-14-19-15-26-22(24-19)17-8-2-1-3-9-17/h1-12,15H,13-14H2,(H,23,25). The predicted octanol–water partition coefficient (Wildman–Crippen LogP) is 4.82. The van der Waals surface area contributed by atoms with Crippen LogP contribution in [0, 0.1) is 0 Å². The van der Waals surface area contributed by atoms with E-state index in [2.05, 4.69) is 28.5 Å². The molecule has 1 aromatic heterocycles. The molecule has 3 aromatic carbocycles. The molecule has 4 aromatic rings. The van der Waals surface area contributed by atoms with Gasteiger partial charge in [-0.25, -0.2) is 4.98 Å². The summed E-state index contributed by atoms with van der Waals surface area (Å²) in [6.07, 6.45) is 0.372. The number of nitrogens with zero attached hydrogens (tertiary/aromatic N) is 1. The monoisotopic (exact) mass is 358 g/mol. The highest BCUT2D eigenvalue weighted by Crippen LogP contribution is 2.23. The van der Waals surface area contributed by atoms with Crippen molar-refractivity contribution in [2.75, 3.05) is 0 Å². The number of benzene rings is 3. The van der Waals surface area contributed by atoms with E-state index < -0.39 is 0 Å². The summed E-state index contributed by atoms with van der Waals surface area (Å²) in [7, 11) is 0. The minimum absolute atomic E-state index is 0.00983. The Morgan fingerprint density at radius 3 is 2.58 bits per heavy atom. The number of amides is 1. The first-order valence-electron chi connectivity index (χ1n) is 8.53. The van der Waals surface area contributed by atoms with Gasteiger partial charge in [0.05, 0.1) is 18.7 Å². The van der Waals surface area contributed by atoms with Crippen LogP contribution in [-0.2, 0) is 17.8 Å². The highest BCUT2D eigenvalue weighted by atomic mass is 32.1. The molecule has 4 heteroatoms. The van der Waals surface area contributed by atoms with Gasteiger partial charge in [-0.1, -0.05) is 72.8 Å². The largest absolute Gasteiger partial charge is 0.350 e. The third-order valence-electron chi connectivity index (χ3n) is 4.27. The summed E-state index contributed by atoms with van der Waals surface area (Å²) in [6, 6.07) is 24.3. The second kappa shape index (κ2) is 7.50. The Balaban J connectivity index is 1.41. The maximum atomic E-state index is 12.4. The van der Waals surface area contributed by atoms with Crippen LogP contribution in [0.1, 0.15) is 11.3 Å². The molecule has 0 saturated heterocycles. The molecule has 0 spiro atoms. The molecular weight excluding hydrogens is 340 g/mol. The summed E-state index contributed by atoms with van der Waals surface area (Å²) < 4.78 is 0. The molecule has 0 saturated carbocycles. The van der Waals surface area contributed by atoms with Crippen molar-refractivity contribution in [3.63, 3.8) is 0 Å². The zero-order chi connectivity index (χ0) is 17.8. The van der Waals surface area contributed by atoms with Gasteiger partial charge in [0.25, 0.3) is 0 Å². The van der Waals surface area contributed by atoms with Crippen molar-refractivity contribution in [2.45, 2.75) is 13.0 Å². The average Bonchev–Trinajstić information content (AvgIpc) is 3.17. The third-order valence-corrected chi connectivity index (χ3v) is 5.21. The number of thiazole rings is 1. The Morgan fingerprint density at radius 1 is 0.923 bits per heavy atom. The summed E-state index contributed by atoms with van der Waals surface area (Å²) in [6.45, 7) is 0.451. The van der Waals surface area contributed by atoms with Crippen molar-refractivity contribution in [2.24, 2.45) is 0 Å². The van der Waals surface area contributed by atoms with Gasteiger partial charge in [0.2, 0.25) is 5.91 Å². The maximum Gasteiger partial charge on any atom is 0.224 e. The molecular formula is C22H18N2OS. The molecule has 0 unspecified atom stereocenters. The molecule has 1 amide bonds. The van der Waals surface area contributed by atoms with Crippen LogP contribution in [0.15, 0.2) is 78.2 Å². The number of carbonyl (C=O) groups is 1. The lowest BCUT2D eigenvalue weighted by Crippen LogP contribution is -2.24. The average molecular weight is 358 g/mol. The van der Waals surface area contributed by atoms with Crippen molar-refractivity contribution < 1.29 is 4.79 Å². The van der Waals surface area contributed by atoms with E-state index in [9.17, 15) is 4.79 Å². The first kappa shape index (κ1) is 16.5. The van der Waals surface area contributed by atoms with Crippen LogP contribution in [0.2, 0.25) is 0 Å². The van der Waals surface area contributed by atoms with Crippen molar-refractivity contribution in [1.82, 2.24) is 10.3 Å². The van der Waals surface area contributed by atoms with E-state index >= 15 is 0 Å². The van der Waals surface area contributed by atoms with Crippen LogP contribution in [0.25, 0.3) is 21.3 Å². The normalized spacial score (nSPS) is 10.8. The zero-order valence-electron chi connectivity index (χ0n) is 14.2. The molecule has 0 aliphatic heterocycles. The lowest BCUT2D eigenvalue weighted by atomic mass is 10.0. The van der Waals surface area contributed by atoms with Crippen molar-refractivity contribution in [3.8, 4) is 10.6 Å². The summed E-state index contributed by atoms with van der Waals surface area (Å²) in [5.41, 5.74) is 3.04. The topological polar surface area (TPSA) is 42.0 Å². The highest BCUT2D eigenvalue weighted by Gasteiger charge is 2.09. The fraction of sp³-hybridized carbons (Fsp3) is 0.0909. The Labute approximate surface area is 156 Å². The Kier molecular flexibility index (Phi) is 4.75. The van der Waals surface area contributed by atoms with Crippen LogP contribution in [0.5, 0.6) is 0 Å². The molecule has 128 valence electrons. The second-order valence-electron chi connectivity index (χ2n) is 6.10. The van der Waals surface area contributed by atoms with Gasteiger partial charge in [-0.2, -0.15) is 0 Å². The first-order chi connectivity index (χ1) is 12.8. The van der Waals surface area contributed by atoms with E-state index in [0.29, 0.717) is 13.0 Å². The Morgan fingerprint density at radius 2 is 1.69 bits per heavy atom. The second-order valence-corrected chi connectivity index (χ2v) is 6.96. The van der Waals surface area contributed by atoms with Gasteiger partial charge in [0.1, 0.15) is 5.01 Å². The first-order valence-corrected chi connectivity index (χ1v) is 9.41. The van der Waals surface area contributed by atoms with Gasteiger partial charge in [-0.3, -0.25) is 4.79 Å². The van der Waals surface area contributed by atoms with Gasteiger partial charge in [0.15, 0.2) is 0 Å². The van der Waals surface area contributed by atoms with Crippen LogP contribution >= 0.6 is 11.3 Å². The zero-order valence-corrected chi connectivity index (χ0v) is 15.0. The third kappa shape index (κ3) is 3.65. The summed E-state index contributed by atoms with van der Waals surface area (Å²) >= 11 is 1.60. The molecule has 0 aliphatic carbocycles. The van der Waals surface area contributed by atoms with E-state index in [0.717, 1.165) is 32.6 Å². The Bertz CT molecular complexity index is 1030. The van der Waals surface area contributed by atoms with Gasteiger partial charge >= 0.3 is 0 Å². The van der Waals surface area contributed by atoms with Crippen LogP contribution < -0.4 is 5.32 Å². The van der Waals surface area contributed by atoms with Crippen LogP contribution in [-0.4, -0.2) is 10.9 Å². The quantitative estimate of drug-likeness (QED) is 0.556. The highest BCUT2D eigenvalue weighted by molar-refractivity contribution is 7.13.